The minimum Gasteiger partial charge on any atom is -0.384 e. The van der Waals surface area contributed by atoms with Crippen LogP contribution in [-0.4, -0.2) is 75.6 Å². The minimum atomic E-state index is -0.0751. The number of morpholine rings is 1. The molecule has 0 amide bonds. The number of benzene rings is 2. The normalized spacial score (nSPS) is 18.1. The lowest BCUT2D eigenvalue weighted by atomic mass is 10.1. The van der Waals surface area contributed by atoms with Crippen LogP contribution in [-0.2, 0) is 9.47 Å². The number of nitrogens with zero attached hydrogens (tertiary/aromatic N) is 2. The highest BCUT2D eigenvalue weighted by molar-refractivity contribution is 8.05. The van der Waals surface area contributed by atoms with E-state index in [1.54, 1.807) is 29.6 Å². The van der Waals surface area contributed by atoms with Gasteiger partial charge in [-0.3, -0.25) is 9.69 Å². The number of aromatic amines is 1. The predicted molar refractivity (Wildman–Crippen MR) is 151 cm³/mol. The summed E-state index contributed by atoms with van der Waals surface area (Å²) in [4.78, 5) is 25.3. The number of hydrogen-bond acceptors (Lipinski definition) is 8. The molecular formula is C28H32N4O3S2. The van der Waals surface area contributed by atoms with Gasteiger partial charge in [-0.05, 0) is 36.8 Å². The Morgan fingerprint density at radius 2 is 1.73 bits per heavy atom. The quantitative estimate of drug-likeness (QED) is 0.370. The average molecular weight is 537 g/mol. The fourth-order valence-corrected chi connectivity index (χ4v) is 7.39. The highest BCUT2D eigenvalue weighted by Gasteiger charge is 2.22. The van der Waals surface area contributed by atoms with E-state index in [1.807, 2.05) is 0 Å². The highest BCUT2D eigenvalue weighted by Crippen LogP contribution is 2.52. The van der Waals surface area contributed by atoms with Crippen LogP contribution < -0.4 is 15.8 Å². The van der Waals surface area contributed by atoms with Crippen molar-refractivity contribution in [1.29, 1.82) is 0 Å². The van der Waals surface area contributed by atoms with Crippen molar-refractivity contribution in [3.05, 3.63) is 58.9 Å². The molecule has 9 heteroatoms. The Morgan fingerprint density at radius 3 is 2.65 bits per heavy atom. The van der Waals surface area contributed by atoms with E-state index in [1.165, 1.54) is 19.6 Å². The third kappa shape index (κ3) is 5.86. The van der Waals surface area contributed by atoms with Gasteiger partial charge >= 0.3 is 0 Å². The van der Waals surface area contributed by atoms with Crippen molar-refractivity contribution in [2.24, 2.45) is 0 Å². The molecule has 1 aromatic heterocycles. The van der Waals surface area contributed by atoms with Gasteiger partial charge in [0, 0.05) is 88.5 Å². The third-order valence-electron chi connectivity index (χ3n) is 6.92. The molecule has 0 unspecified atom stereocenters. The van der Waals surface area contributed by atoms with E-state index >= 15 is 0 Å². The lowest BCUT2D eigenvalue weighted by molar-refractivity contribution is 0.122. The van der Waals surface area contributed by atoms with Crippen molar-refractivity contribution in [3.8, 4) is 11.3 Å². The van der Waals surface area contributed by atoms with Gasteiger partial charge in [-0.15, -0.1) is 0 Å². The lowest BCUT2D eigenvalue weighted by Crippen LogP contribution is -2.36. The molecule has 2 N–H and O–H groups in total. The van der Waals surface area contributed by atoms with Gasteiger partial charge in [0.25, 0.3) is 0 Å². The van der Waals surface area contributed by atoms with E-state index in [9.17, 15) is 4.79 Å². The van der Waals surface area contributed by atoms with Crippen LogP contribution in [0.5, 0.6) is 0 Å². The molecule has 4 heterocycles. The standard InChI is InChI=1S/C28H32N4O3S2/c33-27-19-21(32-11-15-35-16-12-32)18-23(30-27)22-3-1-4-25-28(22)37-24-6-5-20(17-26(24)36-25)29-7-9-31-8-2-13-34-14-10-31/h1,3-6,17-19,29H,2,7-16H2,(H,30,33). The Bertz CT molecular complexity index is 1300. The topological polar surface area (TPSA) is 69.8 Å². The van der Waals surface area contributed by atoms with E-state index in [4.69, 9.17) is 9.47 Å². The van der Waals surface area contributed by atoms with Crippen molar-refractivity contribution < 1.29 is 9.47 Å². The van der Waals surface area contributed by atoms with Crippen LogP contribution in [0, 0.1) is 0 Å². The van der Waals surface area contributed by atoms with Crippen LogP contribution in [0.4, 0.5) is 11.4 Å². The van der Waals surface area contributed by atoms with Gasteiger partial charge in [0.1, 0.15) is 0 Å². The monoisotopic (exact) mass is 536 g/mol. The summed E-state index contributed by atoms with van der Waals surface area (Å²) >= 11 is 3.58. The molecule has 0 spiro atoms. The molecular weight excluding hydrogens is 504 g/mol. The second-order valence-electron chi connectivity index (χ2n) is 9.45. The molecule has 2 saturated heterocycles. The molecule has 3 aliphatic heterocycles. The van der Waals surface area contributed by atoms with E-state index in [0.717, 1.165) is 81.5 Å². The molecule has 0 radical (unpaired) electrons. The second-order valence-corrected chi connectivity index (χ2v) is 11.6. The first-order valence-electron chi connectivity index (χ1n) is 13.0. The summed E-state index contributed by atoms with van der Waals surface area (Å²) in [6, 6.07) is 16.8. The van der Waals surface area contributed by atoms with E-state index in [0.29, 0.717) is 13.2 Å². The zero-order valence-corrected chi connectivity index (χ0v) is 22.5. The number of nitrogens with one attached hydrogen (secondary N) is 2. The van der Waals surface area contributed by atoms with Crippen LogP contribution in [0.2, 0.25) is 0 Å². The van der Waals surface area contributed by atoms with Gasteiger partial charge in [0.2, 0.25) is 5.56 Å². The summed E-state index contributed by atoms with van der Waals surface area (Å²) in [6.45, 7) is 8.76. The van der Waals surface area contributed by atoms with Gasteiger partial charge in [-0.1, -0.05) is 35.7 Å². The first kappa shape index (κ1) is 24.9. The summed E-state index contributed by atoms with van der Waals surface area (Å²) < 4.78 is 11.1. The Kier molecular flexibility index (Phi) is 7.75. The van der Waals surface area contributed by atoms with E-state index in [-0.39, 0.29) is 5.56 Å². The average Bonchev–Trinajstić information content (AvgIpc) is 3.20. The number of hydrogen-bond donors (Lipinski definition) is 2. The smallest absolute Gasteiger partial charge is 0.250 e. The molecule has 6 rings (SSSR count). The van der Waals surface area contributed by atoms with Crippen LogP contribution in [0.1, 0.15) is 6.42 Å². The second kappa shape index (κ2) is 11.5. The molecule has 3 aromatic rings. The summed E-state index contributed by atoms with van der Waals surface area (Å²) in [5.41, 5.74) is 3.96. The van der Waals surface area contributed by atoms with Gasteiger partial charge in [-0.25, -0.2) is 0 Å². The number of pyridine rings is 1. The molecule has 2 aromatic carbocycles. The van der Waals surface area contributed by atoms with Gasteiger partial charge in [-0.2, -0.15) is 0 Å². The van der Waals surface area contributed by atoms with Crippen LogP contribution >= 0.6 is 23.5 Å². The third-order valence-corrected chi connectivity index (χ3v) is 9.52. The van der Waals surface area contributed by atoms with Crippen molar-refractivity contribution >= 4 is 34.9 Å². The molecule has 0 bridgehead atoms. The Morgan fingerprint density at radius 1 is 0.865 bits per heavy atom. The molecule has 7 nitrogen and oxygen atoms in total. The number of fused-ring (bicyclic) bond motifs is 2. The van der Waals surface area contributed by atoms with Gasteiger partial charge < -0.3 is 24.7 Å². The van der Waals surface area contributed by atoms with Crippen molar-refractivity contribution in [3.63, 3.8) is 0 Å². The number of ether oxygens (including phenoxy) is 2. The summed E-state index contributed by atoms with van der Waals surface area (Å²) in [6.07, 6.45) is 1.11. The number of anilines is 2. The maximum atomic E-state index is 12.6. The molecule has 3 aliphatic rings. The predicted octanol–water partition coefficient (Wildman–Crippen LogP) is 4.63. The van der Waals surface area contributed by atoms with Gasteiger partial charge in [0.15, 0.2) is 0 Å². The first-order chi connectivity index (χ1) is 18.2. The molecule has 2 fully saturated rings. The SMILES string of the molecule is O=c1cc(N2CCOCC2)cc(-c2cccc3c2Sc2ccc(NCCN4CCCOCC4)cc2S3)[nH]1. The zero-order valence-electron chi connectivity index (χ0n) is 20.8. The Hall–Kier alpha value is -2.43. The number of H-pyrrole nitrogens is 1. The Labute approximate surface area is 225 Å². The molecule has 194 valence electrons. The molecule has 37 heavy (non-hydrogen) atoms. The van der Waals surface area contributed by atoms with E-state index in [2.05, 4.69) is 62.6 Å². The largest absolute Gasteiger partial charge is 0.384 e. The van der Waals surface area contributed by atoms with Crippen LogP contribution in [0.15, 0.2) is 72.9 Å². The van der Waals surface area contributed by atoms with Gasteiger partial charge in [0.05, 0.1) is 25.5 Å². The fourth-order valence-electron chi connectivity index (χ4n) is 4.98. The maximum absolute atomic E-state index is 12.6. The van der Waals surface area contributed by atoms with Crippen LogP contribution in [0.25, 0.3) is 11.3 Å². The molecule has 0 aliphatic carbocycles. The Balaban J connectivity index is 1.19. The lowest BCUT2D eigenvalue weighted by Gasteiger charge is -2.29. The number of rotatable bonds is 6. The summed E-state index contributed by atoms with van der Waals surface area (Å²) in [5.74, 6) is 0. The maximum Gasteiger partial charge on any atom is 0.250 e. The van der Waals surface area contributed by atoms with Crippen molar-refractivity contribution in [1.82, 2.24) is 9.88 Å². The number of aromatic nitrogens is 1. The molecule has 0 atom stereocenters. The zero-order chi connectivity index (χ0) is 25.0. The summed E-state index contributed by atoms with van der Waals surface area (Å²) in [7, 11) is 0. The first-order valence-corrected chi connectivity index (χ1v) is 14.6. The van der Waals surface area contributed by atoms with Crippen LogP contribution in [0.3, 0.4) is 0 Å². The highest BCUT2D eigenvalue weighted by atomic mass is 32.2. The van der Waals surface area contributed by atoms with E-state index < -0.39 is 0 Å². The summed E-state index contributed by atoms with van der Waals surface area (Å²) in [5, 5.41) is 3.61. The van der Waals surface area contributed by atoms with Crippen molar-refractivity contribution in [2.75, 3.05) is 75.9 Å². The molecule has 0 saturated carbocycles. The van der Waals surface area contributed by atoms with Crippen molar-refractivity contribution in [2.45, 2.75) is 26.0 Å². The minimum absolute atomic E-state index is 0.0751. The fraction of sp³-hybridized carbons (Fsp3) is 0.393.